The van der Waals surface area contributed by atoms with Crippen molar-refractivity contribution < 1.29 is 14.3 Å². The topological polar surface area (TPSA) is 84.0 Å². The van der Waals surface area contributed by atoms with Crippen LogP contribution in [-0.4, -0.2) is 44.9 Å². The SMILES string of the molecule is CN=C(NCCCNC(=O)OC(C)(C)C)NCc1cccc(COC)c1.I. The van der Waals surface area contributed by atoms with Gasteiger partial charge in [0, 0.05) is 33.8 Å². The molecule has 1 rings (SSSR count). The van der Waals surface area contributed by atoms with Crippen molar-refractivity contribution in [3.05, 3.63) is 35.4 Å². The Morgan fingerprint density at radius 1 is 1.11 bits per heavy atom. The lowest BCUT2D eigenvalue weighted by Crippen LogP contribution is -2.39. The van der Waals surface area contributed by atoms with Crippen molar-refractivity contribution in [2.45, 2.75) is 45.9 Å². The highest BCUT2D eigenvalue weighted by Gasteiger charge is 2.15. The first-order valence-corrected chi connectivity index (χ1v) is 8.82. The van der Waals surface area contributed by atoms with E-state index in [0.717, 1.165) is 23.5 Å². The molecule has 0 aliphatic rings. The normalized spacial score (nSPS) is 11.4. The standard InChI is InChI=1S/C19H32N4O3.HI/c1-19(2,3)26-18(24)22-11-7-10-21-17(20-4)23-13-15-8-6-9-16(12-15)14-25-5;/h6,8-9,12H,7,10-11,13-14H2,1-5H3,(H,22,24)(H2,20,21,23);1H. The molecule has 1 aromatic rings. The molecular weight excluding hydrogens is 459 g/mol. The predicted octanol–water partition coefficient (Wildman–Crippen LogP) is 3.03. The molecule has 154 valence electrons. The first-order chi connectivity index (χ1) is 12.3. The lowest BCUT2D eigenvalue weighted by molar-refractivity contribution is 0.0527. The third-order valence-electron chi connectivity index (χ3n) is 3.30. The van der Waals surface area contributed by atoms with Gasteiger partial charge in [0.2, 0.25) is 0 Å². The number of halogens is 1. The second-order valence-electron chi connectivity index (χ2n) is 6.89. The molecule has 0 aliphatic carbocycles. The van der Waals surface area contributed by atoms with Gasteiger partial charge < -0.3 is 25.4 Å². The summed E-state index contributed by atoms with van der Waals surface area (Å²) in [6.45, 7) is 8.04. The van der Waals surface area contributed by atoms with Crippen molar-refractivity contribution in [1.29, 1.82) is 0 Å². The number of aliphatic imine (C=N–C) groups is 1. The average Bonchev–Trinajstić information content (AvgIpc) is 2.56. The monoisotopic (exact) mass is 492 g/mol. The average molecular weight is 492 g/mol. The number of hydrogen-bond donors (Lipinski definition) is 3. The van der Waals surface area contributed by atoms with Crippen LogP contribution in [0, 0.1) is 0 Å². The molecule has 7 nitrogen and oxygen atoms in total. The third kappa shape index (κ3) is 12.5. The van der Waals surface area contributed by atoms with Gasteiger partial charge in [0.15, 0.2) is 5.96 Å². The largest absolute Gasteiger partial charge is 0.444 e. The number of nitrogens with zero attached hydrogens (tertiary/aromatic N) is 1. The Kier molecular flexibility index (Phi) is 12.8. The molecule has 1 amide bonds. The van der Waals surface area contributed by atoms with Crippen molar-refractivity contribution in [3.63, 3.8) is 0 Å². The fraction of sp³-hybridized carbons (Fsp3) is 0.579. The van der Waals surface area contributed by atoms with E-state index >= 15 is 0 Å². The Labute approximate surface area is 179 Å². The molecule has 0 saturated heterocycles. The molecule has 0 heterocycles. The van der Waals surface area contributed by atoms with E-state index < -0.39 is 11.7 Å². The van der Waals surface area contributed by atoms with Gasteiger partial charge in [-0.1, -0.05) is 24.3 Å². The van der Waals surface area contributed by atoms with Crippen LogP contribution in [0.4, 0.5) is 4.79 Å². The number of rotatable bonds is 8. The number of guanidine groups is 1. The van der Waals surface area contributed by atoms with Crippen LogP contribution in [0.1, 0.15) is 38.3 Å². The number of carbonyl (C=O) groups is 1. The van der Waals surface area contributed by atoms with Gasteiger partial charge in [-0.15, -0.1) is 24.0 Å². The van der Waals surface area contributed by atoms with Crippen LogP contribution >= 0.6 is 24.0 Å². The van der Waals surface area contributed by atoms with Gasteiger partial charge >= 0.3 is 6.09 Å². The summed E-state index contributed by atoms with van der Waals surface area (Å²) in [5, 5.41) is 9.23. The number of amides is 1. The molecular formula is C19H33IN4O3. The number of nitrogens with one attached hydrogen (secondary N) is 3. The highest BCUT2D eigenvalue weighted by molar-refractivity contribution is 14.0. The zero-order valence-electron chi connectivity index (χ0n) is 16.9. The van der Waals surface area contributed by atoms with Crippen molar-refractivity contribution in [1.82, 2.24) is 16.0 Å². The quantitative estimate of drug-likeness (QED) is 0.225. The molecule has 0 saturated carbocycles. The van der Waals surface area contributed by atoms with Crippen molar-refractivity contribution in [3.8, 4) is 0 Å². The maximum Gasteiger partial charge on any atom is 0.407 e. The summed E-state index contributed by atoms with van der Waals surface area (Å²) < 4.78 is 10.3. The van der Waals surface area contributed by atoms with E-state index in [1.54, 1.807) is 14.2 Å². The Morgan fingerprint density at radius 2 is 1.78 bits per heavy atom. The van der Waals surface area contributed by atoms with E-state index in [4.69, 9.17) is 9.47 Å². The van der Waals surface area contributed by atoms with Gasteiger partial charge in [0.25, 0.3) is 0 Å². The van der Waals surface area contributed by atoms with Gasteiger partial charge in [-0.25, -0.2) is 4.79 Å². The molecule has 0 aromatic heterocycles. The van der Waals surface area contributed by atoms with Crippen molar-refractivity contribution in [2.24, 2.45) is 4.99 Å². The first-order valence-electron chi connectivity index (χ1n) is 8.82. The Morgan fingerprint density at radius 3 is 2.41 bits per heavy atom. The van der Waals surface area contributed by atoms with Crippen LogP contribution < -0.4 is 16.0 Å². The van der Waals surface area contributed by atoms with Crippen LogP contribution in [0.2, 0.25) is 0 Å². The van der Waals surface area contributed by atoms with E-state index in [1.165, 1.54) is 0 Å². The summed E-state index contributed by atoms with van der Waals surface area (Å²) >= 11 is 0. The summed E-state index contributed by atoms with van der Waals surface area (Å²) in [4.78, 5) is 15.7. The minimum atomic E-state index is -0.477. The molecule has 0 radical (unpaired) electrons. The summed E-state index contributed by atoms with van der Waals surface area (Å²) in [5.74, 6) is 0.722. The summed E-state index contributed by atoms with van der Waals surface area (Å²) in [7, 11) is 3.42. The van der Waals surface area contributed by atoms with E-state index in [2.05, 4.69) is 33.1 Å². The van der Waals surface area contributed by atoms with E-state index in [0.29, 0.717) is 26.2 Å². The molecule has 0 bridgehead atoms. The summed E-state index contributed by atoms with van der Waals surface area (Å²) in [5.41, 5.74) is 1.83. The van der Waals surface area contributed by atoms with E-state index in [-0.39, 0.29) is 24.0 Å². The fourth-order valence-corrected chi connectivity index (χ4v) is 2.20. The first kappa shape index (κ1) is 25.4. The van der Waals surface area contributed by atoms with Gasteiger partial charge in [-0.05, 0) is 38.3 Å². The summed E-state index contributed by atoms with van der Waals surface area (Å²) in [6.07, 6.45) is 0.374. The second kappa shape index (κ2) is 13.6. The zero-order valence-corrected chi connectivity index (χ0v) is 19.3. The minimum absolute atomic E-state index is 0. The molecule has 3 N–H and O–H groups in total. The van der Waals surface area contributed by atoms with Crippen LogP contribution in [0.5, 0.6) is 0 Å². The highest BCUT2D eigenvalue weighted by atomic mass is 127. The number of carbonyl (C=O) groups excluding carboxylic acids is 1. The number of ether oxygens (including phenoxy) is 2. The third-order valence-corrected chi connectivity index (χ3v) is 3.30. The number of alkyl carbamates (subject to hydrolysis) is 1. The predicted molar refractivity (Wildman–Crippen MR) is 120 cm³/mol. The van der Waals surface area contributed by atoms with E-state index in [9.17, 15) is 4.79 Å². The second-order valence-corrected chi connectivity index (χ2v) is 6.89. The highest BCUT2D eigenvalue weighted by Crippen LogP contribution is 2.07. The maximum atomic E-state index is 11.5. The van der Waals surface area contributed by atoms with Gasteiger partial charge in [0.05, 0.1) is 6.61 Å². The zero-order chi connectivity index (χ0) is 19.4. The molecule has 0 unspecified atom stereocenters. The number of hydrogen-bond acceptors (Lipinski definition) is 4. The molecule has 0 atom stereocenters. The maximum absolute atomic E-state index is 11.5. The Bertz CT molecular complexity index is 589. The fourth-order valence-electron chi connectivity index (χ4n) is 2.20. The molecule has 1 aromatic carbocycles. The van der Waals surface area contributed by atoms with Gasteiger partial charge in [-0.3, -0.25) is 4.99 Å². The Hall–Kier alpha value is -1.55. The lowest BCUT2D eigenvalue weighted by atomic mass is 10.1. The summed E-state index contributed by atoms with van der Waals surface area (Å²) in [6, 6.07) is 8.22. The van der Waals surface area contributed by atoms with Crippen LogP contribution in [-0.2, 0) is 22.6 Å². The number of methoxy groups -OCH3 is 1. The molecule has 0 aliphatic heterocycles. The molecule has 27 heavy (non-hydrogen) atoms. The minimum Gasteiger partial charge on any atom is -0.444 e. The van der Waals surface area contributed by atoms with Crippen LogP contribution in [0.25, 0.3) is 0 Å². The smallest absolute Gasteiger partial charge is 0.407 e. The van der Waals surface area contributed by atoms with Gasteiger partial charge in [-0.2, -0.15) is 0 Å². The molecule has 0 fully saturated rings. The van der Waals surface area contributed by atoms with Crippen molar-refractivity contribution in [2.75, 3.05) is 27.2 Å². The lowest BCUT2D eigenvalue weighted by Gasteiger charge is -2.19. The number of benzene rings is 1. The molecule has 8 heteroatoms. The van der Waals surface area contributed by atoms with E-state index in [1.807, 2.05) is 32.9 Å². The Balaban J connectivity index is 0.00000676. The van der Waals surface area contributed by atoms with Crippen LogP contribution in [0.15, 0.2) is 29.3 Å². The van der Waals surface area contributed by atoms with Crippen molar-refractivity contribution >= 4 is 36.0 Å². The van der Waals surface area contributed by atoms with Crippen LogP contribution in [0.3, 0.4) is 0 Å². The molecule has 0 spiro atoms. The van der Waals surface area contributed by atoms with Gasteiger partial charge in [0.1, 0.15) is 5.60 Å².